The largest absolute Gasteiger partial charge is 0.234 e. The molecule has 5 heteroatoms. The van der Waals surface area contributed by atoms with Gasteiger partial charge in [-0.1, -0.05) is 12.2 Å². The molecule has 1 aliphatic heterocycles. The van der Waals surface area contributed by atoms with Crippen LogP contribution in [0.4, 0.5) is 0 Å². The van der Waals surface area contributed by atoms with Crippen molar-refractivity contribution in [1.29, 1.82) is 0 Å². The van der Waals surface area contributed by atoms with Crippen LogP contribution in [0, 0.1) is 0 Å². The summed E-state index contributed by atoms with van der Waals surface area (Å²) in [7, 11) is 1.84. The smallest absolute Gasteiger partial charge is 0.0814 e. The predicted octanol–water partition coefficient (Wildman–Crippen LogP) is -0.0834. The van der Waals surface area contributed by atoms with E-state index < -0.39 is 0 Å². The van der Waals surface area contributed by atoms with E-state index in [0.29, 0.717) is 0 Å². The van der Waals surface area contributed by atoms with Crippen LogP contribution in [0.1, 0.15) is 0 Å². The molecule has 46 valence electrons. The molecule has 0 amide bonds. The Hall–Kier alpha value is 0.320. The van der Waals surface area contributed by atoms with Crippen molar-refractivity contribution in [2.45, 2.75) is 0 Å². The highest BCUT2D eigenvalue weighted by Gasteiger charge is 2.13. The molecule has 1 saturated heterocycles. The molecule has 2 N–H and O–H groups in total. The first-order valence-corrected chi connectivity index (χ1v) is 3.43. The first-order chi connectivity index (χ1) is 3.83. The van der Waals surface area contributed by atoms with E-state index in [9.17, 15) is 0 Å². The first-order valence-electron chi connectivity index (χ1n) is 2.25. The first kappa shape index (κ1) is 6.44. The van der Waals surface area contributed by atoms with Crippen molar-refractivity contribution in [3.8, 4) is 0 Å². The molecule has 0 aromatic carbocycles. The number of nitrogens with zero attached hydrogens (tertiary/aromatic N) is 1. The minimum Gasteiger partial charge on any atom is -0.234 e. The molecule has 0 unspecified atom stereocenters. The van der Waals surface area contributed by atoms with E-state index in [-0.39, 0.29) is 0 Å². The molecule has 1 aliphatic rings. The SMILES string of the molecule is CNN1NCC(=S)S1. The molecule has 1 heterocycles. The summed E-state index contributed by atoms with van der Waals surface area (Å²) >= 11 is 6.39. The molecule has 8 heavy (non-hydrogen) atoms. The summed E-state index contributed by atoms with van der Waals surface area (Å²) in [6, 6.07) is 0. The molecule has 0 aromatic rings. The molecular weight excluding hydrogens is 142 g/mol. The van der Waals surface area contributed by atoms with Gasteiger partial charge in [-0.2, -0.15) is 0 Å². The Kier molecular flexibility index (Phi) is 2.21. The lowest BCUT2D eigenvalue weighted by atomic mass is 10.8. The van der Waals surface area contributed by atoms with E-state index in [2.05, 4.69) is 10.9 Å². The van der Waals surface area contributed by atoms with Crippen molar-refractivity contribution in [2.24, 2.45) is 0 Å². The third kappa shape index (κ3) is 1.40. The van der Waals surface area contributed by atoms with Gasteiger partial charge in [0, 0.05) is 7.05 Å². The zero-order valence-electron chi connectivity index (χ0n) is 4.47. The molecule has 1 rings (SSSR count). The summed E-state index contributed by atoms with van der Waals surface area (Å²) < 4.78 is 2.75. The number of hydrogen-bond acceptors (Lipinski definition) is 5. The van der Waals surface area contributed by atoms with Crippen molar-refractivity contribution < 1.29 is 0 Å². The summed E-state index contributed by atoms with van der Waals surface area (Å²) in [4.78, 5) is 0. The van der Waals surface area contributed by atoms with Gasteiger partial charge in [0.2, 0.25) is 0 Å². The lowest BCUT2D eigenvalue weighted by molar-refractivity contribution is 0.316. The van der Waals surface area contributed by atoms with Gasteiger partial charge in [0.1, 0.15) is 0 Å². The lowest BCUT2D eigenvalue weighted by Gasteiger charge is -2.08. The van der Waals surface area contributed by atoms with Crippen LogP contribution < -0.4 is 10.9 Å². The maximum absolute atomic E-state index is 4.88. The van der Waals surface area contributed by atoms with Crippen LogP contribution in [0.2, 0.25) is 0 Å². The standard InChI is InChI=1S/C3H7N3S2/c1-4-6-5-2-3(7)8-6/h4-5H,2H2,1H3. The van der Waals surface area contributed by atoms with Crippen LogP contribution in [0.15, 0.2) is 0 Å². The van der Waals surface area contributed by atoms with Crippen molar-refractivity contribution in [3.63, 3.8) is 0 Å². The second-order valence-electron chi connectivity index (χ2n) is 1.32. The van der Waals surface area contributed by atoms with E-state index in [1.54, 1.807) is 4.52 Å². The van der Waals surface area contributed by atoms with Crippen LogP contribution in [-0.4, -0.2) is 22.3 Å². The van der Waals surface area contributed by atoms with Gasteiger partial charge in [-0.05, 0) is 11.9 Å². The second kappa shape index (κ2) is 2.75. The van der Waals surface area contributed by atoms with Crippen LogP contribution >= 0.6 is 24.2 Å². The Morgan fingerprint density at radius 2 is 2.75 bits per heavy atom. The quantitative estimate of drug-likeness (QED) is 0.402. The molecule has 3 nitrogen and oxygen atoms in total. The molecule has 0 aromatic heterocycles. The van der Waals surface area contributed by atoms with Gasteiger partial charge in [0.25, 0.3) is 0 Å². The number of nitrogens with one attached hydrogen (secondary N) is 2. The third-order valence-electron chi connectivity index (χ3n) is 0.763. The number of rotatable bonds is 1. The normalized spacial score (nSPS) is 22.4. The molecule has 0 bridgehead atoms. The fourth-order valence-electron chi connectivity index (χ4n) is 0.427. The van der Waals surface area contributed by atoms with Gasteiger partial charge in [-0.3, -0.25) is 0 Å². The number of thiocarbonyl (C=S) groups is 1. The molecule has 0 spiro atoms. The van der Waals surface area contributed by atoms with Gasteiger partial charge in [0.15, 0.2) is 0 Å². The van der Waals surface area contributed by atoms with Crippen LogP contribution in [0.5, 0.6) is 0 Å². The Morgan fingerprint density at radius 1 is 2.00 bits per heavy atom. The van der Waals surface area contributed by atoms with Gasteiger partial charge in [-0.25, -0.2) is 10.9 Å². The zero-order chi connectivity index (χ0) is 5.98. The van der Waals surface area contributed by atoms with Gasteiger partial charge in [-0.15, -0.1) is 4.52 Å². The van der Waals surface area contributed by atoms with Crippen LogP contribution in [-0.2, 0) is 0 Å². The van der Waals surface area contributed by atoms with Crippen molar-refractivity contribution in [3.05, 3.63) is 0 Å². The fraction of sp³-hybridized carbons (Fsp3) is 0.667. The number of hydrogen-bond donors (Lipinski definition) is 2. The zero-order valence-corrected chi connectivity index (χ0v) is 6.10. The highest BCUT2D eigenvalue weighted by molar-refractivity contribution is 8.21. The minimum atomic E-state index is 0.793. The topological polar surface area (TPSA) is 27.3 Å². The summed E-state index contributed by atoms with van der Waals surface area (Å²) in [5, 5.41) is 0. The van der Waals surface area contributed by atoms with Crippen molar-refractivity contribution in [1.82, 2.24) is 15.4 Å². The lowest BCUT2D eigenvalue weighted by Crippen LogP contribution is -2.35. The molecule has 1 fully saturated rings. The van der Waals surface area contributed by atoms with Gasteiger partial charge >= 0.3 is 0 Å². The summed E-state index contributed by atoms with van der Waals surface area (Å²) in [5.74, 6) is 0. The molecule has 0 radical (unpaired) electrons. The van der Waals surface area contributed by atoms with E-state index in [1.165, 1.54) is 11.9 Å². The summed E-state index contributed by atoms with van der Waals surface area (Å²) in [6.07, 6.45) is 0. The van der Waals surface area contributed by atoms with Crippen LogP contribution in [0.3, 0.4) is 0 Å². The highest BCUT2D eigenvalue weighted by atomic mass is 32.2. The van der Waals surface area contributed by atoms with Gasteiger partial charge in [0.05, 0.1) is 10.7 Å². The van der Waals surface area contributed by atoms with E-state index in [4.69, 9.17) is 12.2 Å². The molecule has 0 aliphatic carbocycles. The Morgan fingerprint density at radius 3 is 3.00 bits per heavy atom. The maximum atomic E-state index is 4.88. The minimum absolute atomic E-state index is 0.793. The summed E-state index contributed by atoms with van der Waals surface area (Å²) in [5.41, 5.74) is 5.89. The number of hydrazine groups is 2. The summed E-state index contributed by atoms with van der Waals surface area (Å²) in [6.45, 7) is 0.793. The average Bonchev–Trinajstić information content (AvgIpc) is 2.14. The van der Waals surface area contributed by atoms with Crippen LogP contribution in [0.25, 0.3) is 0 Å². The Labute approximate surface area is 57.9 Å². The third-order valence-corrected chi connectivity index (χ3v) is 1.97. The molecule has 0 saturated carbocycles. The average molecular weight is 149 g/mol. The van der Waals surface area contributed by atoms with Gasteiger partial charge < -0.3 is 0 Å². The van der Waals surface area contributed by atoms with E-state index >= 15 is 0 Å². The maximum Gasteiger partial charge on any atom is 0.0814 e. The fourth-order valence-corrected chi connectivity index (χ4v) is 1.27. The van der Waals surface area contributed by atoms with Crippen molar-refractivity contribution >= 4 is 28.4 Å². The Bertz CT molecular complexity index is 105. The second-order valence-corrected chi connectivity index (χ2v) is 3.11. The van der Waals surface area contributed by atoms with E-state index in [1.807, 2.05) is 7.05 Å². The van der Waals surface area contributed by atoms with Crippen molar-refractivity contribution in [2.75, 3.05) is 13.6 Å². The Balaban J connectivity index is 2.32. The van der Waals surface area contributed by atoms with E-state index in [0.717, 1.165) is 10.7 Å². The highest BCUT2D eigenvalue weighted by Crippen LogP contribution is 2.11. The predicted molar refractivity (Wildman–Crippen MR) is 39.1 cm³/mol. The molecule has 0 atom stereocenters. The molecular formula is C3H7N3S2. The monoisotopic (exact) mass is 149 g/mol.